The molecular formula is C13H22N4. The van der Waals surface area contributed by atoms with Crippen molar-refractivity contribution in [1.82, 2.24) is 4.98 Å². The van der Waals surface area contributed by atoms with Crippen LogP contribution in [0.5, 0.6) is 0 Å². The third kappa shape index (κ3) is 2.96. The van der Waals surface area contributed by atoms with Gasteiger partial charge in [-0.25, -0.2) is 4.98 Å². The molecule has 1 atom stereocenters. The van der Waals surface area contributed by atoms with E-state index in [1.807, 2.05) is 13.1 Å². The quantitative estimate of drug-likeness (QED) is 0.622. The molecule has 0 aromatic carbocycles. The van der Waals surface area contributed by atoms with Crippen molar-refractivity contribution in [2.45, 2.75) is 33.7 Å². The molecule has 1 heterocycles. The van der Waals surface area contributed by atoms with Crippen molar-refractivity contribution < 1.29 is 0 Å². The van der Waals surface area contributed by atoms with Gasteiger partial charge in [-0.3, -0.25) is 5.41 Å². The lowest BCUT2D eigenvalue weighted by atomic mass is 9.87. The van der Waals surface area contributed by atoms with Gasteiger partial charge in [0.25, 0.3) is 0 Å². The molecule has 0 saturated carbocycles. The highest BCUT2D eigenvalue weighted by molar-refractivity contribution is 5.99. The Morgan fingerprint density at radius 2 is 2.06 bits per heavy atom. The number of anilines is 1. The number of amidine groups is 1. The number of nitrogens with zero attached hydrogens (tertiary/aromatic N) is 2. The van der Waals surface area contributed by atoms with Crippen LogP contribution in [0, 0.1) is 10.8 Å². The maximum atomic E-state index is 7.58. The summed E-state index contributed by atoms with van der Waals surface area (Å²) in [4.78, 5) is 6.42. The molecule has 4 nitrogen and oxygen atoms in total. The van der Waals surface area contributed by atoms with Gasteiger partial charge >= 0.3 is 0 Å². The smallest absolute Gasteiger partial charge is 0.139 e. The van der Waals surface area contributed by atoms with Crippen molar-refractivity contribution >= 4 is 11.7 Å². The molecule has 0 saturated heterocycles. The number of nitrogens with one attached hydrogen (secondary N) is 1. The van der Waals surface area contributed by atoms with E-state index in [4.69, 9.17) is 11.1 Å². The molecule has 0 radical (unpaired) electrons. The fourth-order valence-corrected chi connectivity index (χ4v) is 1.65. The summed E-state index contributed by atoms with van der Waals surface area (Å²) >= 11 is 0. The van der Waals surface area contributed by atoms with Gasteiger partial charge in [0.15, 0.2) is 0 Å². The first-order chi connectivity index (χ1) is 7.75. The van der Waals surface area contributed by atoms with Gasteiger partial charge in [-0.05, 0) is 24.5 Å². The molecular weight excluding hydrogens is 212 g/mol. The summed E-state index contributed by atoms with van der Waals surface area (Å²) in [5.41, 5.74) is 6.40. The molecule has 1 aromatic heterocycles. The number of aromatic nitrogens is 1. The molecule has 0 aliphatic carbocycles. The molecule has 17 heavy (non-hydrogen) atoms. The van der Waals surface area contributed by atoms with E-state index in [2.05, 4.69) is 37.6 Å². The SMILES string of the molecule is CC(N(C)c1ncccc1C(=N)N)C(C)(C)C. The number of nitrogens with two attached hydrogens (primary N) is 1. The molecule has 1 rings (SSSR count). The Labute approximate surface area is 103 Å². The van der Waals surface area contributed by atoms with E-state index in [0.29, 0.717) is 11.6 Å². The van der Waals surface area contributed by atoms with Gasteiger partial charge in [0.1, 0.15) is 11.7 Å². The molecule has 94 valence electrons. The van der Waals surface area contributed by atoms with Crippen LogP contribution < -0.4 is 10.6 Å². The average Bonchev–Trinajstić information content (AvgIpc) is 2.25. The van der Waals surface area contributed by atoms with Crippen LogP contribution >= 0.6 is 0 Å². The van der Waals surface area contributed by atoms with E-state index in [-0.39, 0.29) is 11.3 Å². The minimum Gasteiger partial charge on any atom is -0.384 e. The molecule has 3 N–H and O–H groups in total. The van der Waals surface area contributed by atoms with E-state index >= 15 is 0 Å². The van der Waals surface area contributed by atoms with Gasteiger partial charge in [-0.2, -0.15) is 0 Å². The summed E-state index contributed by atoms with van der Waals surface area (Å²) in [5.74, 6) is 0.823. The van der Waals surface area contributed by atoms with E-state index in [1.165, 1.54) is 0 Å². The van der Waals surface area contributed by atoms with Crippen LogP contribution in [0.15, 0.2) is 18.3 Å². The zero-order valence-electron chi connectivity index (χ0n) is 11.3. The van der Waals surface area contributed by atoms with Crippen LogP contribution in [0.4, 0.5) is 5.82 Å². The van der Waals surface area contributed by atoms with E-state index in [0.717, 1.165) is 5.82 Å². The minimum absolute atomic E-state index is 0.0565. The number of hydrogen-bond acceptors (Lipinski definition) is 3. The van der Waals surface area contributed by atoms with Crippen molar-refractivity contribution in [1.29, 1.82) is 5.41 Å². The maximum absolute atomic E-state index is 7.58. The summed E-state index contributed by atoms with van der Waals surface area (Å²) in [5, 5.41) is 7.58. The van der Waals surface area contributed by atoms with Crippen LogP contribution in [0.2, 0.25) is 0 Å². The first-order valence-electron chi connectivity index (χ1n) is 5.77. The summed E-state index contributed by atoms with van der Waals surface area (Å²) in [7, 11) is 1.99. The third-order valence-corrected chi connectivity index (χ3v) is 3.25. The van der Waals surface area contributed by atoms with Gasteiger partial charge in [0.2, 0.25) is 0 Å². The Kier molecular flexibility index (Phi) is 3.76. The Hall–Kier alpha value is -1.58. The van der Waals surface area contributed by atoms with Gasteiger partial charge in [0, 0.05) is 19.3 Å². The first-order valence-corrected chi connectivity index (χ1v) is 5.77. The van der Waals surface area contributed by atoms with Gasteiger partial charge < -0.3 is 10.6 Å². The second kappa shape index (κ2) is 4.73. The molecule has 0 aliphatic heterocycles. The highest BCUT2D eigenvalue weighted by Crippen LogP contribution is 2.27. The fraction of sp³-hybridized carbons (Fsp3) is 0.538. The highest BCUT2D eigenvalue weighted by atomic mass is 15.2. The Bertz CT molecular complexity index is 406. The lowest BCUT2D eigenvalue weighted by molar-refractivity contribution is 0.328. The third-order valence-electron chi connectivity index (χ3n) is 3.25. The molecule has 0 aliphatic rings. The van der Waals surface area contributed by atoms with Crippen LogP contribution in [-0.2, 0) is 0 Å². The molecule has 1 aromatic rings. The zero-order valence-corrected chi connectivity index (χ0v) is 11.3. The van der Waals surface area contributed by atoms with Crippen LogP contribution in [0.25, 0.3) is 0 Å². The lowest BCUT2D eigenvalue weighted by Crippen LogP contribution is -2.40. The fourth-order valence-electron chi connectivity index (χ4n) is 1.65. The summed E-state index contributed by atoms with van der Waals surface area (Å²) in [6.07, 6.45) is 1.73. The van der Waals surface area contributed by atoms with Crippen molar-refractivity contribution in [2.75, 3.05) is 11.9 Å². The normalized spacial score (nSPS) is 13.2. The summed E-state index contributed by atoms with van der Waals surface area (Å²) in [6.45, 7) is 8.71. The standard InChI is InChI=1S/C13H22N4/c1-9(13(2,3)4)17(5)12-10(11(14)15)7-6-8-16-12/h6-9H,1-5H3,(H3,14,15). The highest BCUT2D eigenvalue weighted by Gasteiger charge is 2.26. The van der Waals surface area contributed by atoms with Gasteiger partial charge in [-0.15, -0.1) is 0 Å². The van der Waals surface area contributed by atoms with E-state index < -0.39 is 0 Å². The Morgan fingerprint density at radius 1 is 1.47 bits per heavy atom. The van der Waals surface area contributed by atoms with Crippen molar-refractivity contribution in [3.05, 3.63) is 23.9 Å². The largest absolute Gasteiger partial charge is 0.384 e. The molecule has 4 heteroatoms. The second-order valence-corrected chi connectivity index (χ2v) is 5.44. The molecule has 1 unspecified atom stereocenters. The Morgan fingerprint density at radius 3 is 2.53 bits per heavy atom. The van der Waals surface area contributed by atoms with Crippen molar-refractivity contribution in [2.24, 2.45) is 11.1 Å². The Balaban J connectivity index is 3.12. The van der Waals surface area contributed by atoms with Gasteiger partial charge in [-0.1, -0.05) is 20.8 Å². The number of pyridine rings is 1. The average molecular weight is 234 g/mol. The first kappa shape index (κ1) is 13.5. The number of nitrogen functional groups attached to an aromatic ring is 1. The van der Waals surface area contributed by atoms with Crippen LogP contribution in [0.3, 0.4) is 0 Å². The monoisotopic (exact) mass is 234 g/mol. The summed E-state index contributed by atoms with van der Waals surface area (Å²) < 4.78 is 0. The van der Waals surface area contributed by atoms with E-state index in [1.54, 1.807) is 12.3 Å². The minimum atomic E-state index is 0.0565. The van der Waals surface area contributed by atoms with Crippen molar-refractivity contribution in [3.63, 3.8) is 0 Å². The lowest BCUT2D eigenvalue weighted by Gasteiger charge is -2.36. The van der Waals surface area contributed by atoms with Crippen LogP contribution in [0.1, 0.15) is 33.3 Å². The van der Waals surface area contributed by atoms with Gasteiger partial charge in [0.05, 0.1) is 5.56 Å². The predicted molar refractivity (Wildman–Crippen MR) is 72.6 cm³/mol. The van der Waals surface area contributed by atoms with Crippen LogP contribution in [-0.4, -0.2) is 23.9 Å². The second-order valence-electron chi connectivity index (χ2n) is 5.44. The number of hydrogen-bond donors (Lipinski definition) is 2. The zero-order chi connectivity index (χ0) is 13.2. The number of rotatable bonds is 3. The maximum Gasteiger partial charge on any atom is 0.139 e. The molecule has 0 fully saturated rings. The van der Waals surface area contributed by atoms with Crippen molar-refractivity contribution in [3.8, 4) is 0 Å². The topological polar surface area (TPSA) is 66.0 Å². The predicted octanol–water partition coefficient (Wildman–Crippen LogP) is 2.24. The summed E-state index contributed by atoms with van der Waals surface area (Å²) in [6, 6.07) is 3.93. The van der Waals surface area contributed by atoms with E-state index in [9.17, 15) is 0 Å². The molecule has 0 bridgehead atoms. The molecule has 0 spiro atoms. The molecule has 0 amide bonds.